The van der Waals surface area contributed by atoms with Crippen LogP contribution in [-0.2, 0) is 0 Å². The van der Waals surface area contributed by atoms with E-state index in [9.17, 15) is 4.79 Å². The van der Waals surface area contributed by atoms with E-state index >= 15 is 0 Å². The van der Waals surface area contributed by atoms with Crippen LogP contribution >= 0.6 is 0 Å². The third-order valence-corrected chi connectivity index (χ3v) is 3.41. The summed E-state index contributed by atoms with van der Waals surface area (Å²) in [6.07, 6.45) is 3.08. The van der Waals surface area contributed by atoms with Crippen LogP contribution in [0.3, 0.4) is 0 Å². The van der Waals surface area contributed by atoms with Gasteiger partial charge in [-0.25, -0.2) is 9.97 Å². The molecule has 1 aromatic heterocycles. The number of nitrogens with one attached hydrogen (secondary N) is 2. The Balaban J connectivity index is 1.61. The molecule has 0 aliphatic heterocycles. The predicted molar refractivity (Wildman–Crippen MR) is 102 cm³/mol. The number of ether oxygens (including phenoxy) is 1. The molecule has 0 atom stereocenters. The Morgan fingerprint density at radius 1 is 0.923 bits per heavy atom. The van der Waals surface area contributed by atoms with E-state index in [0.717, 1.165) is 11.4 Å². The fraction of sp³-hybridized carbons (Fsp3) is 0.150. The molecule has 3 rings (SSSR count). The zero-order valence-electron chi connectivity index (χ0n) is 14.6. The largest absolute Gasteiger partial charge is 0.491 e. The number of carbonyl (C=O) groups is 1. The van der Waals surface area contributed by atoms with E-state index in [2.05, 4.69) is 20.6 Å². The van der Waals surface area contributed by atoms with E-state index in [0.29, 0.717) is 11.5 Å². The van der Waals surface area contributed by atoms with E-state index < -0.39 is 0 Å². The highest BCUT2D eigenvalue weighted by Crippen LogP contribution is 2.18. The lowest BCUT2D eigenvalue weighted by Crippen LogP contribution is -2.14. The number of para-hydroxylation sites is 1. The van der Waals surface area contributed by atoms with E-state index in [1.54, 1.807) is 12.1 Å². The number of aromatic nitrogens is 2. The van der Waals surface area contributed by atoms with Crippen LogP contribution in [0.2, 0.25) is 0 Å². The molecule has 0 spiro atoms. The van der Waals surface area contributed by atoms with Crippen molar-refractivity contribution in [2.75, 3.05) is 10.6 Å². The Morgan fingerprint density at radius 2 is 1.65 bits per heavy atom. The second-order valence-electron chi connectivity index (χ2n) is 5.92. The van der Waals surface area contributed by atoms with Crippen LogP contribution < -0.4 is 15.4 Å². The van der Waals surface area contributed by atoms with Crippen molar-refractivity contribution in [1.29, 1.82) is 0 Å². The van der Waals surface area contributed by atoms with Gasteiger partial charge < -0.3 is 15.4 Å². The molecule has 0 unspecified atom stereocenters. The average molecular weight is 348 g/mol. The molecule has 0 saturated heterocycles. The van der Waals surface area contributed by atoms with E-state index in [4.69, 9.17) is 4.74 Å². The summed E-state index contributed by atoms with van der Waals surface area (Å²) in [6.45, 7) is 3.93. The molecule has 0 aliphatic carbocycles. The fourth-order valence-electron chi connectivity index (χ4n) is 2.26. The van der Waals surface area contributed by atoms with Crippen molar-refractivity contribution in [3.05, 3.63) is 72.7 Å². The Labute approximate surface area is 152 Å². The van der Waals surface area contributed by atoms with Crippen molar-refractivity contribution in [3.8, 4) is 5.75 Å². The number of amides is 1. The van der Waals surface area contributed by atoms with Crippen molar-refractivity contribution in [2.24, 2.45) is 0 Å². The number of hydrogen-bond acceptors (Lipinski definition) is 5. The molecule has 0 aliphatic rings. The first-order valence-corrected chi connectivity index (χ1v) is 8.32. The van der Waals surface area contributed by atoms with Gasteiger partial charge in [0.05, 0.1) is 18.5 Å². The third kappa shape index (κ3) is 4.80. The quantitative estimate of drug-likeness (QED) is 0.696. The van der Waals surface area contributed by atoms with Crippen molar-refractivity contribution >= 4 is 23.1 Å². The van der Waals surface area contributed by atoms with Gasteiger partial charge in [0.2, 0.25) is 0 Å². The average Bonchev–Trinajstić information content (AvgIpc) is 2.64. The molecule has 2 N–H and O–H groups in total. The molecular formula is C20H20N4O2. The molecule has 3 aromatic rings. The summed E-state index contributed by atoms with van der Waals surface area (Å²) in [6, 6.07) is 16.8. The first-order chi connectivity index (χ1) is 12.6. The summed E-state index contributed by atoms with van der Waals surface area (Å²) in [4.78, 5) is 20.7. The minimum absolute atomic E-state index is 0.105. The summed E-state index contributed by atoms with van der Waals surface area (Å²) in [5.74, 6) is 1.01. The van der Waals surface area contributed by atoms with Gasteiger partial charge in [0.1, 0.15) is 17.3 Å². The minimum Gasteiger partial charge on any atom is -0.491 e. The predicted octanol–water partition coefficient (Wildman–Crippen LogP) is 4.26. The molecule has 1 heterocycles. The van der Waals surface area contributed by atoms with Crippen molar-refractivity contribution in [2.45, 2.75) is 20.0 Å². The van der Waals surface area contributed by atoms with E-state index in [1.807, 2.05) is 56.3 Å². The molecule has 2 aromatic carbocycles. The minimum atomic E-state index is -0.318. The van der Waals surface area contributed by atoms with Crippen LogP contribution in [0.4, 0.5) is 17.2 Å². The molecule has 0 fully saturated rings. The molecule has 0 radical (unpaired) electrons. The van der Waals surface area contributed by atoms with Gasteiger partial charge >= 0.3 is 0 Å². The van der Waals surface area contributed by atoms with Crippen LogP contribution in [0.25, 0.3) is 0 Å². The monoisotopic (exact) mass is 348 g/mol. The summed E-state index contributed by atoms with van der Waals surface area (Å²) in [5.41, 5.74) is 1.81. The molecule has 0 bridgehead atoms. The molecule has 132 valence electrons. The SMILES string of the molecule is CC(C)Oc1ccc(NC(=O)c2cnc(Nc3ccccc3)cn2)cc1. The van der Waals surface area contributed by atoms with Crippen LogP contribution in [0, 0.1) is 0 Å². The lowest BCUT2D eigenvalue weighted by Gasteiger charge is -2.10. The van der Waals surface area contributed by atoms with Crippen LogP contribution in [0.1, 0.15) is 24.3 Å². The Morgan fingerprint density at radius 3 is 2.27 bits per heavy atom. The summed E-state index contributed by atoms with van der Waals surface area (Å²) < 4.78 is 5.58. The Bertz CT molecular complexity index is 847. The Kier molecular flexibility index (Phi) is 5.43. The van der Waals surface area contributed by atoms with Gasteiger partial charge in [0.25, 0.3) is 5.91 Å². The highest BCUT2D eigenvalue weighted by atomic mass is 16.5. The zero-order valence-corrected chi connectivity index (χ0v) is 14.6. The van der Waals surface area contributed by atoms with Crippen molar-refractivity contribution < 1.29 is 9.53 Å². The lowest BCUT2D eigenvalue weighted by molar-refractivity contribution is 0.102. The second-order valence-corrected chi connectivity index (χ2v) is 5.92. The summed E-state index contributed by atoms with van der Waals surface area (Å²) >= 11 is 0. The molecule has 6 nitrogen and oxygen atoms in total. The topological polar surface area (TPSA) is 76.1 Å². The van der Waals surface area contributed by atoms with Crippen LogP contribution in [0.5, 0.6) is 5.75 Å². The first kappa shape index (κ1) is 17.4. The van der Waals surface area contributed by atoms with Crippen molar-refractivity contribution in [1.82, 2.24) is 9.97 Å². The number of benzene rings is 2. The standard InChI is InChI=1S/C20H20N4O2/c1-14(2)26-17-10-8-16(9-11-17)24-20(25)18-12-22-19(13-21-18)23-15-6-4-3-5-7-15/h3-14H,1-2H3,(H,22,23)(H,24,25). The van der Waals surface area contributed by atoms with Gasteiger partial charge in [-0.15, -0.1) is 0 Å². The molecule has 26 heavy (non-hydrogen) atoms. The highest BCUT2D eigenvalue weighted by Gasteiger charge is 2.09. The summed E-state index contributed by atoms with van der Waals surface area (Å²) in [5, 5.41) is 5.91. The molecule has 1 amide bonds. The van der Waals surface area contributed by atoms with Crippen LogP contribution in [0.15, 0.2) is 67.0 Å². The fourth-order valence-corrected chi connectivity index (χ4v) is 2.26. The number of hydrogen-bond donors (Lipinski definition) is 2. The normalized spacial score (nSPS) is 10.4. The second kappa shape index (κ2) is 8.11. The third-order valence-electron chi connectivity index (χ3n) is 3.41. The molecule has 0 saturated carbocycles. The maximum atomic E-state index is 12.3. The molecular weight excluding hydrogens is 328 g/mol. The Hall–Kier alpha value is -3.41. The van der Waals surface area contributed by atoms with Crippen molar-refractivity contribution in [3.63, 3.8) is 0 Å². The van der Waals surface area contributed by atoms with Gasteiger partial charge in [-0.3, -0.25) is 4.79 Å². The van der Waals surface area contributed by atoms with Gasteiger partial charge in [-0.1, -0.05) is 18.2 Å². The number of rotatable bonds is 6. The highest BCUT2D eigenvalue weighted by molar-refractivity contribution is 6.02. The lowest BCUT2D eigenvalue weighted by atomic mass is 10.3. The van der Waals surface area contributed by atoms with E-state index in [1.165, 1.54) is 12.4 Å². The first-order valence-electron chi connectivity index (χ1n) is 8.32. The number of anilines is 3. The maximum absolute atomic E-state index is 12.3. The smallest absolute Gasteiger partial charge is 0.275 e. The number of carbonyl (C=O) groups excluding carboxylic acids is 1. The summed E-state index contributed by atoms with van der Waals surface area (Å²) in [7, 11) is 0. The zero-order chi connectivity index (χ0) is 18.4. The van der Waals surface area contributed by atoms with Gasteiger partial charge in [0, 0.05) is 11.4 Å². The molecule has 6 heteroatoms. The van der Waals surface area contributed by atoms with Gasteiger partial charge in [0.15, 0.2) is 0 Å². The van der Waals surface area contributed by atoms with Crippen LogP contribution in [-0.4, -0.2) is 22.0 Å². The van der Waals surface area contributed by atoms with Gasteiger partial charge in [-0.2, -0.15) is 0 Å². The maximum Gasteiger partial charge on any atom is 0.275 e. The van der Waals surface area contributed by atoms with E-state index in [-0.39, 0.29) is 17.7 Å². The number of nitrogens with zero attached hydrogens (tertiary/aromatic N) is 2. The van der Waals surface area contributed by atoms with Gasteiger partial charge in [-0.05, 0) is 50.2 Å².